The van der Waals surface area contributed by atoms with Crippen LogP contribution in [-0.2, 0) is 34.2 Å². The van der Waals surface area contributed by atoms with Gasteiger partial charge in [-0.2, -0.15) is 9.40 Å². The van der Waals surface area contributed by atoms with Crippen molar-refractivity contribution in [1.82, 2.24) is 14.1 Å². The maximum absolute atomic E-state index is 12.8. The first-order chi connectivity index (χ1) is 15.1. The molecule has 2 aliphatic rings. The summed E-state index contributed by atoms with van der Waals surface area (Å²) >= 11 is 0. The number of aromatic nitrogens is 2. The number of hydrogen-bond donors (Lipinski definition) is 0. The topological polar surface area (TPSA) is 73.7 Å². The van der Waals surface area contributed by atoms with Gasteiger partial charge in [-0.25, -0.2) is 13.1 Å². The third-order valence-electron chi connectivity index (χ3n) is 5.82. The Morgan fingerprint density at radius 3 is 2.45 bits per heavy atom. The molecule has 2 aromatic carbocycles. The fourth-order valence-electron chi connectivity index (χ4n) is 4.21. The van der Waals surface area contributed by atoms with Crippen LogP contribution in [0.1, 0.15) is 23.4 Å². The molecule has 0 unspecified atom stereocenters. The van der Waals surface area contributed by atoms with Gasteiger partial charge in [-0.05, 0) is 55.7 Å². The minimum atomic E-state index is -3.50. The van der Waals surface area contributed by atoms with Gasteiger partial charge in [0.25, 0.3) is 0 Å². The number of benzene rings is 2. The van der Waals surface area contributed by atoms with E-state index >= 15 is 0 Å². The number of sulfonamides is 1. The molecule has 2 heterocycles. The van der Waals surface area contributed by atoms with Gasteiger partial charge in [0.2, 0.25) is 10.0 Å². The van der Waals surface area contributed by atoms with Crippen LogP contribution in [0.2, 0.25) is 0 Å². The average Bonchev–Trinajstić information content (AvgIpc) is 3.42. The Balaban J connectivity index is 1.31. The molecule has 7 nitrogen and oxygen atoms in total. The maximum atomic E-state index is 12.8. The van der Waals surface area contributed by atoms with Gasteiger partial charge in [-0.3, -0.25) is 0 Å². The standard InChI is InChI=1S/C23H25N3O4S/c27-31(28,25-13-15-29-16-14-25)20-11-9-19(10-12-20)30-17-22-21-7-4-8-23(21)26(24-22)18-5-2-1-3-6-18/h1-3,5-6,9-12H,4,7-8,13-17H2. The fourth-order valence-corrected chi connectivity index (χ4v) is 5.62. The molecular formula is C23H25N3O4S. The van der Waals surface area contributed by atoms with E-state index in [2.05, 4.69) is 12.1 Å². The van der Waals surface area contributed by atoms with Crippen LogP contribution in [-0.4, -0.2) is 48.8 Å². The van der Waals surface area contributed by atoms with Crippen LogP contribution >= 0.6 is 0 Å². The van der Waals surface area contributed by atoms with E-state index in [1.807, 2.05) is 22.9 Å². The van der Waals surface area contributed by atoms with E-state index in [0.29, 0.717) is 38.7 Å². The second kappa shape index (κ2) is 8.45. The van der Waals surface area contributed by atoms with Crippen molar-refractivity contribution >= 4 is 10.0 Å². The lowest BCUT2D eigenvalue weighted by atomic mass is 10.2. The van der Waals surface area contributed by atoms with Crippen LogP contribution in [0.15, 0.2) is 59.5 Å². The highest BCUT2D eigenvalue weighted by Gasteiger charge is 2.26. The second-order valence-corrected chi connectivity index (χ2v) is 9.69. The fraction of sp³-hybridized carbons (Fsp3) is 0.348. The number of para-hydroxylation sites is 1. The zero-order valence-electron chi connectivity index (χ0n) is 17.2. The van der Waals surface area contributed by atoms with Gasteiger partial charge in [0.05, 0.1) is 23.8 Å². The average molecular weight is 440 g/mol. The Morgan fingerprint density at radius 2 is 1.71 bits per heavy atom. The van der Waals surface area contributed by atoms with Crippen molar-refractivity contribution in [2.45, 2.75) is 30.8 Å². The lowest BCUT2D eigenvalue weighted by Crippen LogP contribution is -2.40. The first kappa shape index (κ1) is 20.2. The summed E-state index contributed by atoms with van der Waals surface area (Å²) in [6, 6.07) is 16.8. The van der Waals surface area contributed by atoms with Gasteiger partial charge < -0.3 is 9.47 Å². The Bertz CT molecular complexity index is 1150. The Kier molecular flexibility index (Phi) is 5.52. The summed E-state index contributed by atoms with van der Waals surface area (Å²) in [5.74, 6) is 0.627. The van der Waals surface area contributed by atoms with Crippen LogP contribution in [0.25, 0.3) is 5.69 Å². The monoisotopic (exact) mass is 439 g/mol. The predicted molar refractivity (Wildman–Crippen MR) is 116 cm³/mol. The van der Waals surface area contributed by atoms with Crippen LogP contribution in [0.3, 0.4) is 0 Å². The van der Waals surface area contributed by atoms with Gasteiger partial charge in [0, 0.05) is 24.3 Å². The van der Waals surface area contributed by atoms with Crippen molar-refractivity contribution in [1.29, 1.82) is 0 Å². The van der Waals surface area contributed by atoms with Crippen molar-refractivity contribution in [3.8, 4) is 11.4 Å². The highest BCUT2D eigenvalue weighted by molar-refractivity contribution is 7.89. The summed E-state index contributed by atoms with van der Waals surface area (Å²) in [6.07, 6.45) is 3.16. The molecule has 3 aromatic rings. The number of morpholine rings is 1. The third-order valence-corrected chi connectivity index (χ3v) is 7.73. The number of rotatable bonds is 6. The SMILES string of the molecule is O=S(=O)(c1ccc(OCc2nn(-c3ccccc3)c3c2CCC3)cc1)N1CCOCC1. The number of fused-ring (bicyclic) bond motifs is 1. The van der Waals surface area contributed by atoms with Crippen molar-refractivity contribution < 1.29 is 17.9 Å². The molecule has 0 amide bonds. The van der Waals surface area contributed by atoms with Gasteiger partial charge >= 0.3 is 0 Å². The molecule has 0 bridgehead atoms. The first-order valence-electron chi connectivity index (χ1n) is 10.6. The molecule has 0 saturated carbocycles. The summed E-state index contributed by atoms with van der Waals surface area (Å²) < 4.78 is 40.2. The molecule has 1 fully saturated rings. The van der Waals surface area contributed by atoms with Crippen molar-refractivity contribution in [2.24, 2.45) is 0 Å². The molecule has 162 valence electrons. The normalized spacial score (nSPS) is 16.9. The van der Waals surface area contributed by atoms with Crippen LogP contribution in [0, 0.1) is 0 Å². The minimum Gasteiger partial charge on any atom is -0.487 e. The van der Waals surface area contributed by atoms with E-state index < -0.39 is 10.0 Å². The summed E-state index contributed by atoms with van der Waals surface area (Å²) in [4.78, 5) is 0.274. The van der Waals surface area contributed by atoms with Gasteiger partial charge in [-0.15, -0.1) is 0 Å². The van der Waals surface area contributed by atoms with Crippen LogP contribution in [0.5, 0.6) is 5.75 Å². The highest BCUT2D eigenvalue weighted by Crippen LogP contribution is 2.29. The van der Waals surface area contributed by atoms with E-state index in [-0.39, 0.29) is 4.90 Å². The first-order valence-corrected chi connectivity index (χ1v) is 12.0. The zero-order valence-corrected chi connectivity index (χ0v) is 18.1. The molecule has 0 radical (unpaired) electrons. The Hall–Kier alpha value is -2.68. The van der Waals surface area contributed by atoms with E-state index in [9.17, 15) is 8.42 Å². The molecule has 1 aromatic heterocycles. The van der Waals surface area contributed by atoms with Crippen LogP contribution in [0.4, 0.5) is 0 Å². The summed E-state index contributed by atoms with van der Waals surface area (Å²) in [7, 11) is -3.50. The molecule has 8 heteroatoms. The second-order valence-electron chi connectivity index (χ2n) is 7.75. The maximum Gasteiger partial charge on any atom is 0.243 e. The smallest absolute Gasteiger partial charge is 0.243 e. The summed E-state index contributed by atoms with van der Waals surface area (Å²) in [5.41, 5.74) is 4.54. The van der Waals surface area contributed by atoms with E-state index in [4.69, 9.17) is 14.6 Å². The van der Waals surface area contributed by atoms with E-state index in [1.54, 1.807) is 24.3 Å². The van der Waals surface area contributed by atoms with Crippen molar-refractivity contribution in [2.75, 3.05) is 26.3 Å². The molecule has 31 heavy (non-hydrogen) atoms. The Morgan fingerprint density at radius 1 is 0.968 bits per heavy atom. The molecule has 1 aliphatic carbocycles. The summed E-state index contributed by atoms with van der Waals surface area (Å²) in [5, 5.41) is 4.81. The van der Waals surface area contributed by atoms with Crippen molar-refractivity contribution in [3.63, 3.8) is 0 Å². The van der Waals surface area contributed by atoms with Crippen LogP contribution < -0.4 is 4.74 Å². The largest absolute Gasteiger partial charge is 0.487 e. The molecular weight excluding hydrogens is 414 g/mol. The quantitative estimate of drug-likeness (QED) is 0.590. The highest BCUT2D eigenvalue weighted by atomic mass is 32.2. The Labute approximate surface area is 182 Å². The number of ether oxygens (including phenoxy) is 2. The predicted octanol–water partition coefficient (Wildman–Crippen LogP) is 2.96. The minimum absolute atomic E-state index is 0.274. The third kappa shape index (κ3) is 3.98. The molecule has 1 aliphatic heterocycles. The lowest BCUT2D eigenvalue weighted by Gasteiger charge is -2.26. The zero-order chi connectivity index (χ0) is 21.3. The lowest BCUT2D eigenvalue weighted by molar-refractivity contribution is 0.0730. The molecule has 1 saturated heterocycles. The van der Waals surface area contributed by atoms with Gasteiger partial charge in [0.15, 0.2) is 0 Å². The van der Waals surface area contributed by atoms with Crippen molar-refractivity contribution in [3.05, 3.63) is 71.5 Å². The molecule has 5 rings (SSSR count). The molecule has 0 spiro atoms. The number of hydrogen-bond acceptors (Lipinski definition) is 5. The van der Waals surface area contributed by atoms with Gasteiger partial charge in [-0.1, -0.05) is 18.2 Å². The molecule has 0 atom stereocenters. The van der Waals surface area contributed by atoms with E-state index in [0.717, 1.165) is 30.6 Å². The molecule has 0 N–H and O–H groups in total. The number of nitrogens with zero attached hydrogens (tertiary/aromatic N) is 3. The van der Waals surface area contributed by atoms with E-state index in [1.165, 1.54) is 15.6 Å². The summed E-state index contributed by atoms with van der Waals surface area (Å²) in [6.45, 7) is 1.99. The van der Waals surface area contributed by atoms with Gasteiger partial charge in [0.1, 0.15) is 18.1 Å².